The minimum absolute atomic E-state index is 0.789. The van der Waals surface area contributed by atoms with Crippen LogP contribution in [0.3, 0.4) is 0 Å². The van der Waals surface area contributed by atoms with Gasteiger partial charge in [-0.1, -0.05) is 42.5 Å². The molecule has 1 fully saturated rings. The lowest BCUT2D eigenvalue weighted by atomic mass is 10.1. The van der Waals surface area contributed by atoms with E-state index in [1.807, 2.05) is 0 Å². The Morgan fingerprint density at radius 2 is 1.91 bits per heavy atom. The van der Waals surface area contributed by atoms with E-state index in [2.05, 4.69) is 36.9 Å². The molecule has 1 atom stereocenters. The van der Waals surface area contributed by atoms with Crippen LogP contribution in [0.15, 0.2) is 42.5 Å². The average Bonchev–Trinajstić information content (AvgIpc) is 2.69. The topological polar surface area (TPSA) is 0 Å². The maximum absolute atomic E-state index is 3.94. The molecule has 0 bridgehead atoms. The van der Waals surface area contributed by atoms with Gasteiger partial charge in [-0.25, -0.2) is 0 Å². The summed E-state index contributed by atoms with van der Waals surface area (Å²) in [5.41, 5.74) is 2.87. The van der Waals surface area contributed by atoms with Crippen molar-refractivity contribution < 1.29 is 0 Å². The van der Waals surface area contributed by atoms with Gasteiger partial charge >= 0.3 is 0 Å². The third-order valence-electron chi connectivity index (χ3n) is 2.25. The molecule has 0 amide bonds. The summed E-state index contributed by atoms with van der Waals surface area (Å²) in [6.45, 7) is 3.94. The van der Waals surface area contributed by atoms with Crippen molar-refractivity contribution in [1.29, 1.82) is 0 Å². The highest BCUT2D eigenvalue weighted by molar-refractivity contribution is 5.25. The van der Waals surface area contributed by atoms with Crippen LogP contribution >= 0.6 is 0 Å². The van der Waals surface area contributed by atoms with Crippen molar-refractivity contribution in [3.63, 3.8) is 0 Å². The predicted molar refractivity (Wildman–Crippen MR) is 47.4 cm³/mol. The van der Waals surface area contributed by atoms with Gasteiger partial charge < -0.3 is 0 Å². The van der Waals surface area contributed by atoms with Crippen LogP contribution in [-0.2, 0) is 6.42 Å². The molecule has 0 heterocycles. The first-order valence-electron chi connectivity index (χ1n) is 4.08. The first-order valence-corrected chi connectivity index (χ1v) is 4.08. The zero-order valence-corrected chi connectivity index (χ0v) is 6.59. The van der Waals surface area contributed by atoms with Gasteiger partial charge in [0.15, 0.2) is 0 Å². The Morgan fingerprint density at radius 3 is 2.45 bits per heavy atom. The van der Waals surface area contributed by atoms with Crippen LogP contribution in [0.25, 0.3) is 0 Å². The standard InChI is InChI=1S/C11H12/c1-9-7-11(9)8-10-5-3-2-4-6-10/h2-6,11H,1,7-8H2. The van der Waals surface area contributed by atoms with Gasteiger partial charge in [0, 0.05) is 0 Å². The molecule has 0 radical (unpaired) electrons. The van der Waals surface area contributed by atoms with Crippen LogP contribution in [0.5, 0.6) is 0 Å². The predicted octanol–water partition coefficient (Wildman–Crippen LogP) is 2.81. The van der Waals surface area contributed by atoms with Gasteiger partial charge in [-0.2, -0.15) is 0 Å². The molecule has 1 aliphatic rings. The number of benzene rings is 1. The Bertz CT molecular complexity index is 259. The van der Waals surface area contributed by atoms with E-state index < -0.39 is 0 Å². The van der Waals surface area contributed by atoms with Crippen LogP contribution in [0.4, 0.5) is 0 Å². The van der Waals surface area contributed by atoms with Crippen LogP contribution in [0, 0.1) is 5.92 Å². The second kappa shape index (κ2) is 2.54. The highest BCUT2D eigenvalue weighted by Gasteiger charge is 2.26. The average molecular weight is 144 g/mol. The maximum atomic E-state index is 3.94. The number of hydrogen-bond donors (Lipinski definition) is 0. The molecule has 1 saturated carbocycles. The summed E-state index contributed by atoms with van der Waals surface area (Å²) in [7, 11) is 0. The highest BCUT2D eigenvalue weighted by Crippen LogP contribution is 2.38. The molecule has 0 heteroatoms. The minimum atomic E-state index is 0.789. The van der Waals surface area contributed by atoms with Crippen molar-refractivity contribution in [3.05, 3.63) is 48.0 Å². The van der Waals surface area contributed by atoms with Crippen LogP contribution < -0.4 is 0 Å². The number of rotatable bonds is 2. The van der Waals surface area contributed by atoms with E-state index in [1.165, 1.54) is 24.0 Å². The SMILES string of the molecule is C=C1CC1Cc1ccccc1. The molecule has 0 spiro atoms. The van der Waals surface area contributed by atoms with Crippen LogP contribution in [0.2, 0.25) is 0 Å². The van der Waals surface area contributed by atoms with Crippen molar-refractivity contribution in [2.24, 2.45) is 5.92 Å². The van der Waals surface area contributed by atoms with E-state index in [0.29, 0.717) is 0 Å². The van der Waals surface area contributed by atoms with Crippen molar-refractivity contribution in [2.45, 2.75) is 12.8 Å². The fourth-order valence-electron chi connectivity index (χ4n) is 1.37. The largest absolute Gasteiger partial charge is 0.0995 e. The Morgan fingerprint density at radius 1 is 1.27 bits per heavy atom. The van der Waals surface area contributed by atoms with Gasteiger partial charge in [-0.3, -0.25) is 0 Å². The summed E-state index contributed by atoms with van der Waals surface area (Å²) in [4.78, 5) is 0. The number of allylic oxidation sites excluding steroid dienone is 1. The van der Waals surface area contributed by atoms with Crippen molar-refractivity contribution in [2.75, 3.05) is 0 Å². The van der Waals surface area contributed by atoms with Gasteiger partial charge in [-0.05, 0) is 24.3 Å². The Kier molecular flexibility index (Phi) is 1.54. The molecule has 1 aromatic rings. The van der Waals surface area contributed by atoms with Gasteiger partial charge in [0.05, 0.1) is 0 Å². The molecule has 0 saturated heterocycles. The third-order valence-corrected chi connectivity index (χ3v) is 2.25. The third kappa shape index (κ3) is 1.51. The van der Waals surface area contributed by atoms with E-state index in [9.17, 15) is 0 Å². The molecular weight excluding hydrogens is 132 g/mol. The van der Waals surface area contributed by atoms with E-state index in [4.69, 9.17) is 0 Å². The van der Waals surface area contributed by atoms with E-state index >= 15 is 0 Å². The van der Waals surface area contributed by atoms with E-state index in [1.54, 1.807) is 0 Å². The monoisotopic (exact) mass is 144 g/mol. The molecule has 1 aromatic carbocycles. The lowest BCUT2D eigenvalue weighted by Gasteiger charge is -1.95. The molecule has 0 aliphatic heterocycles. The Labute approximate surface area is 67.6 Å². The summed E-state index contributed by atoms with van der Waals surface area (Å²) in [6.07, 6.45) is 2.44. The van der Waals surface area contributed by atoms with Gasteiger partial charge in [-0.15, -0.1) is 0 Å². The normalized spacial score (nSPS) is 21.8. The fraction of sp³-hybridized carbons (Fsp3) is 0.273. The zero-order chi connectivity index (χ0) is 7.68. The molecule has 0 N–H and O–H groups in total. The summed E-state index contributed by atoms with van der Waals surface area (Å²) in [5.74, 6) is 0.789. The van der Waals surface area contributed by atoms with Crippen molar-refractivity contribution >= 4 is 0 Å². The maximum Gasteiger partial charge on any atom is -0.0128 e. The zero-order valence-electron chi connectivity index (χ0n) is 6.59. The lowest BCUT2D eigenvalue weighted by Crippen LogP contribution is -1.84. The quantitative estimate of drug-likeness (QED) is 0.560. The lowest BCUT2D eigenvalue weighted by molar-refractivity contribution is 0.861. The molecule has 1 aliphatic carbocycles. The molecule has 11 heavy (non-hydrogen) atoms. The fourth-order valence-corrected chi connectivity index (χ4v) is 1.37. The van der Waals surface area contributed by atoms with Crippen LogP contribution in [-0.4, -0.2) is 0 Å². The van der Waals surface area contributed by atoms with Crippen molar-refractivity contribution in [1.82, 2.24) is 0 Å². The van der Waals surface area contributed by atoms with Gasteiger partial charge in [0.1, 0.15) is 0 Å². The smallest absolute Gasteiger partial charge is 0.0128 e. The summed E-state index contributed by atoms with van der Waals surface area (Å²) < 4.78 is 0. The van der Waals surface area contributed by atoms with E-state index in [-0.39, 0.29) is 0 Å². The first kappa shape index (κ1) is 6.66. The first-order chi connectivity index (χ1) is 5.36. The Hall–Kier alpha value is -1.04. The second-order valence-electron chi connectivity index (χ2n) is 3.25. The molecule has 1 unspecified atom stereocenters. The number of hydrogen-bond acceptors (Lipinski definition) is 0. The Balaban J connectivity index is 2.02. The minimum Gasteiger partial charge on any atom is -0.0995 e. The van der Waals surface area contributed by atoms with Crippen LogP contribution in [0.1, 0.15) is 12.0 Å². The van der Waals surface area contributed by atoms with Gasteiger partial charge in [0.2, 0.25) is 0 Å². The summed E-state index contributed by atoms with van der Waals surface area (Å²) in [6, 6.07) is 10.6. The second-order valence-corrected chi connectivity index (χ2v) is 3.25. The molecule has 56 valence electrons. The van der Waals surface area contributed by atoms with E-state index in [0.717, 1.165) is 5.92 Å². The van der Waals surface area contributed by atoms with Crippen molar-refractivity contribution in [3.8, 4) is 0 Å². The highest BCUT2D eigenvalue weighted by atomic mass is 14.3. The molecule has 2 rings (SSSR count). The summed E-state index contributed by atoms with van der Waals surface area (Å²) in [5, 5.41) is 0. The molecule has 0 aromatic heterocycles. The summed E-state index contributed by atoms with van der Waals surface area (Å²) >= 11 is 0. The molecular formula is C11H12. The molecule has 0 nitrogen and oxygen atoms in total. The van der Waals surface area contributed by atoms with Gasteiger partial charge in [0.25, 0.3) is 0 Å².